The van der Waals surface area contributed by atoms with Crippen LogP contribution in [-0.4, -0.2) is 23.7 Å². The summed E-state index contributed by atoms with van der Waals surface area (Å²) < 4.78 is 0. The van der Waals surface area contributed by atoms with Gasteiger partial charge in [-0.25, -0.2) is 0 Å². The molecular weight excluding hydrogens is 285 g/mol. The molecule has 1 aromatic carbocycles. The fraction of sp³-hybridized carbons (Fsp3) is 0.357. The number of benzene rings is 1. The molecule has 0 bridgehead atoms. The molecule has 0 aliphatic heterocycles. The number of carbonyl (C=O) groups is 1. The predicted octanol–water partition coefficient (Wildman–Crippen LogP) is 2.59. The number of hydrogen-bond donors (Lipinski definition) is 2. The van der Waals surface area contributed by atoms with Gasteiger partial charge in [-0.15, -0.1) is 0 Å². The maximum atomic E-state index is 11.9. The minimum Gasteiger partial charge on any atom is -0.396 e. The molecule has 0 spiro atoms. The van der Waals surface area contributed by atoms with Crippen LogP contribution in [-0.2, 0) is 11.2 Å². The van der Waals surface area contributed by atoms with Gasteiger partial charge in [0.1, 0.15) is 0 Å². The van der Waals surface area contributed by atoms with Crippen LogP contribution in [0.2, 0.25) is 10.0 Å². The summed E-state index contributed by atoms with van der Waals surface area (Å²) in [6.45, 7) is 0.117. The summed E-state index contributed by atoms with van der Waals surface area (Å²) in [5.74, 6) is 0.0573. The van der Waals surface area contributed by atoms with Crippen LogP contribution < -0.4 is 5.32 Å². The summed E-state index contributed by atoms with van der Waals surface area (Å²) in [5.41, 5.74) is 0.754. The first-order chi connectivity index (χ1) is 9.08. The molecule has 19 heavy (non-hydrogen) atoms. The van der Waals surface area contributed by atoms with Crippen molar-refractivity contribution in [3.8, 4) is 0 Å². The molecule has 0 saturated heterocycles. The van der Waals surface area contributed by atoms with Crippen molar-refractivity contribution in [2.45, 2.75) is 18.9 Å². The number of nitrogens with one attached hydrogen (secondary N) is 1. The van der Waals surface area contributed by atoms with E-state index in [2.05, 4.69) is 5.32 Å². The second kappa shape index (κ2) is 6.42. The second-order valence-corrected chi connectivity index (χ2v) is 5.49. The average molecular weight is 300 g/mol. The predicted molar refractivity (Wildman–Crippen MR) is 76.4 cm³/mol. The van der Waals surface area contributed by atoms with Gasteiger partial charge >= 0.3 is 0 Å². The molecule has 5 heteroatoms. The highest BCUT2D eigenvalue weighted by atomic mass is 35.5. The number of halogens is 2. The number of aliphatic hydroxyl groups excluding tert-OH is 1. The molecule has 1 aromatic rings. The monoisotopic (exact) mass is 299 g/mol. The zero-order valence-corrected chi connectivity index (χ0v) is 11.8. The Balaban J connectivity index is 1.90. The highest BCUT2D eigenvalue weighted by molar-refractivity contribution is 6.35. The molecule has 0 heterocycles. The lowest BCUT2D eigenvalue weighted by atomic mass is 10.1. The van der Waals surface area contributed by atoms with E-state index in [0.29, 0.717) is 10.0 Å². The van der Waals surface area contributed by atoms with Crippen molar-refractivity contribution in [2.24, 2.45) is 5.92 Å². The number of hydrogen-bond acceptors (Lipinski definition) is 2. The van der Waals surface area contributed by atoms with Gasteiger partial charge in [0.25, 0.3) is 0 Å². The first kappa shape index (κ1) is 14.4. The Bertz CT molecular complexity index is 502. The summed E-state index contributed by atoms with van der Waals surface area (Å²) in [6.07, 6.45) is 4.82. The summed E-state index contributed by atoms with van der Waals surface area (Å²) in [4.78, 5) is 11.9. The maximum Gasteiger partial charge on any atom is 0.224 e. The lowest BCUT2D eigenvalue weighted by Gasteiger charge is -2.13. The largest absolute Gasteiger partial charge is 0.396 e. The van der Waals surface area contributed by atoms with E-state index in [4.69, 9.17) is 28.3 Å². The van der Waals surface area contributed by atoms with E-state index in [1.165, 1.54) is 0 Å². The second-order valence-electron chi connectivity index (χ2n) is 4.65. The Hall–Kier alpha value is -1.03. The maximum absolute atomic E-state index is 11.9. The summed E-state index contributed by atoms with van der Waals surface area (Å²) >= 11 is 11.8. The lowest BCUT2D eigenvalue weighted by molar-refractivity contribution is -0.120. The molecule has 2 atom stereocenters. The van der Waals surface area contributed by atoms with Crippen molar-refractivity contribution in [2.75, 3.05) is 6.61 Å². The Kier molecular flexibility index (Phi) is 4.86. The molecule has 1 aliphatic rings. The Morgan fingerprint density at radius 1 is 1.37 bits per heavy atom. The fourth-order valence-electron chi connectivity index (χ4n) is 2.11. The minimum absolute atomic E-state index is 0.00396. The normalized spacial score (nSPS) is 21.6. The number of aliphatic hydroxyl groups is 1. The molecule has 0 unspecified atom stereocenters. The van der Waals surface area contributed by atoms with Crippen molar-refractivity contribution >= 4 is 29.1 Å². The molecule has 0 fully saturated rings. The van der Waals surface area contributed by atoms with E-state index >= 15 is 0 Å². The zero-order valence-electron chi connectivity index (χ0n) is 10.3. The van der Waals surface area contributed by atoms with Crippen molar-refractivity contribution in [1.29, 1.82) is 0 Å². The first-order valence-electron chi connectivity index (χ1n) is 6.11. The van der Waals surface area contributed by atoms with Gasteiger partial charge in [0.05, 0.1) is 6.42 Å². The summed E-state index contributed by atoms with van der Waals surface area (Å²) in [5, 5.41) is 13.0. The topological polar surface area (TPSA) is 49.3 Å². The van der Waals surface area contributed by atoms with Crippen LogP contribution in [0.15, 0.2) is 30.4 Å². The molecule has 2 rings (SSSR count). The van der Waals surface area contributed by atoms with Crippen LogP contribution in [0.25, 0.3) is 0 Å². The molecular formula is C14H15Cl2NO2. The van der Waals surface area contributed by atoms with Crippen LogP contribution >= 0.6 is 23.2 Å². The zero-order chi connectivity index (χ0) is 13.8. The van der Waals surface area contributed by atoms with Gasteiger partial charge in [-0.2, -0.15) is 0 Å². The van der Waals surface area contributed by atoms with Gasteiger partial charge in [0, 0.05) is 28.6 Å². The highest BCUT2D eigenvalue weighted by Crippen LogP contribution is 2.22. The molecule has 0 radical (unpaired) electrons. The Labute approximate surface area is 122 Å². The molecule has 3 nitrogen and oxygen atoms in total. The first-order valence-corrected chi connectivity index (χ1v) is 6.86. The van der Waals surface area contributed by atoms with Gasteiger partial charge in [-0.1, -0.05) is 41.4 Å². The standard InChI is InChI=1S/C14H15Cl2NO2/c15-11-3-2-10(13(16)7-11)6-14(19)17-12-4-1-9(5-12)8-18/h1-4,7,9,12,18H,5-6,8H2,(H,17,19)/t9-,12+/m0/s1. The van der Waals surface area contributed by atoms with E-state index < -0.39 is 0 Å². The quantitative estimate of drug-likeness (QED) is 0.840. The molecule has 1 amide bonds. The van der Waals surface area contributed by atoms with Gasteiger partial charge in [0.2, 0.25) is 5.91 Å². The van der Waals surface area contributed by atoms with Gasteiger partial charge < -0.3 is 10.4 Å². The highest BCUT2D eigenvalue weighted by Gasteiger charge is 2.20. The van der Waals surface area contributed by atoms with Gasteiger partial charge in [-0.05, 0) is 24.1 Å². The molecule has 0 saturated carbocycles. The van der Waals surface area contributed by atoms with E-state index in [9.17, 15) is 4.79 Å². The van der Waals surface area contributed by atoms with Crippen LogP contribution in [0.3, 0.4) is 0 Å². The Morgan fingerprint density at radius 2 is 2.16 bits per heavy atom. The molecule has 0 aromatic heterocycles. The van der Waals surface area contributed by atoms with Crippen LogP contribution in [0, 0.1) is 5.92 Å². The molecule has 2 N–H and O–H groups in total. The van der Waals surface area contributed by atoms with E-state index in [1.807, 2.05) is 12.2 Å². The SMILES string of the molecule is O=C(Cc1ccc(Cl)cc1Cl)N[C@@H]1C=C[C@H](CO)C1. The van der Waals surface area contributed by atoms with E-state index in [-0.39, 0.29) is 30.9 Å². The van der Waals surface area contributed by atoms with Crippen molar-refractivity contribution < 1.29 is 9.90 Å². The summed E-state index contributed by atoms with van der Waals surface area (Å²) in [7, 11) is 0. The van der Waals surface area contributed by atoms with Crippen molar-refractivity contribution in [1.82, 2.24) is 5.32 Å². The smallest absolute Gasteiger partial charge is 0.224 e. The third-order valence-electron chi connectivity index (χ3n) is 3.12. The fourth-order valence-corrected chi connectivity index (χ4v) is 2.59. The third-order valence-corrected chi connectivity index (χ3v) is 3.71. The number of amides is 1. The molecule has 1 aliphatic carbocycles. The summed E-state index contributed by atoms with van der Waals surface area (Å²) in [6, 6.07) is 5.09. The van der Waals surface area contributed by atoms with Crippen LogP contribution in [0.5, 0.6) is 0 Å². The van der Waals surface area contributed by atoms with Crippen LogP contribution in [0.1, 0.15) is 12.0 Å². The minimum atomic E-state index is -0.0857. The van der Waals surface area contributed by atoms with E-state index in [0.717, 1.165) is 12.0 Å². The number of rotatable bonds is 4. The van der Waals surface area contributed by atoms with Gasteiger partial charge in [0.15, 0.2) is 0 Å². The van der Waals surface area contributed by atoms with Crippen molar-refractivity contribution in [3.63, 3.8) is 0 Å². The van der Waals surface area contributed by atoms with E-state index in [1.54, 1.807) is 18.2 Å². The molecule has 102 valence electrons. The average Bonchev–Trinajstić information content (AvgIpc) is 2.80. The lowest BCUT2D eigenvalue weighted by Crippen LogP contribution is -2.34. The Morgan fingerprint density at radius 3 is 2.79 bits per heavy atom. The van der Waals surface area contributed by atoms with Crippen LogP contribution in [0.4, 0.5) is 0 Å². The van der Waals surface area contributed by atoms with Gasteiger partial charge in [-0.3, -0.25) is 4.79 Å². The van der Waals surface area contributed by atoms with Crippen molar-refractivity contribution in [3.05, 3.63) is 46.0 Å². The third kappa shape index (κ3) is 3.96. The number of carbonyl (C=O) groups excluding carboxylic acids is 1.